The van der Waals surface area contributed by atoms with E-state index in [1.165, 1.54) is 0 Å². The van der Waals surface area contributed by atoms with Gasteiger partial charge in [-0.15, -0.1) is 0 Å². The molecular formula is C15H13N3O. The number of hydrogen-bond donors (Lipinski definition) is 0. The Bertz CT molecular complexity index is 704. The Balaban J connectivity index is 2.08. The van der Waals surface area contributed by atoms with Gasteiger partial charge in [-0.3, -0.25) is 0 Å². The van der Waals surface area contributed by atoms with Crippen LogP contribution < -0.4 is 9.67 Å². The number of aromatic nitrogens is 3. The lowest BCUT2D eigenvalue weighted by atomic mass is 10.2. The highest BCUT2D eigenvalue weighted by Crippen LogP contribution is 2.09. The van der Waals surface area contributed by atoms with E-state index in [2.05, 4.69) is 5.10 Å². The van der Waals surface area contributed by atoms with Crippen molar-refractivity contribution in [1.29, 1.82) is 0 Å². The molecule has 0 N–H and O–H groups in total. The molecule has 1 heterocycles. The Hall–Kier alpha value is -2.62. The third kappa shape index (κ3) is 2.20. The van der Waals surface area contributed by atoms with Crippen LogP contribution in [0, 0.1) is 6.92 Å². The van der Waals surface area contributed by atoms with E-state index < -0.39 is 0 Å². The molecular weight excluding hydrogens is 238 g/mol. The zero-order valence-corrected chi connectivity index (χ0v) is 10.5. The minimum atomic E-state index is -0.283. The van der Waals surface area contributed by atoms with Crippen molar-refractivity contribution in [3.63, 3.8) is 0 Å². The third-order valence-electron chi connectivity index (χ3n) is 2.92. The molecule has 0 aliphatic heterocycles. The van der Waals surface area contributed by atoms with Crippen molar-refractivity contribution in [2.75, 3.05) is 0 Å². The van der Waals surface area contributed by atoms with Crippen molar-refractivity contribution in [3.05, 3.63) is 66.5 Å². The van der Waals surface area contributed by atoms with Crippen LogP contribution in [0.15, 0.2) is 60.9 Å². The smallest absolute Gasteiger partial charge is 0.250 e. The Morgan fingerprint density at radius 3 is 2.58 bits per heavy atom. The van der Waals surface area contributed by atoms with E-state index in [1.807, 2.05) is 61.5 Å². The van der Waals surface area contributed by atoms with Crippen molar-refractivity contribution in [2.24, 2.45) is 0 Å². The quantitative estimate of drug-likeness (QED) is 0.648. The molecule has 0 aliphatic rings. The molecule has 0 saturated carbocycles. The van der Waals surface area contributed by atoms with Gasteiger partial charge in [-0.2, -0.15) is 0 Å². The summed E-state index contributed by atoms with van der Waals surface area (Å²) in [5.74, 6) is 0. The lowest BCUT2D eigenvalue weighted by Crippen LogP contribution is -2.32. The van der Waals surface area contributed by atoms with E-state index in [0.29, 0.717) is 0 Å². The van der Waals surface area contributed by atoms with Gasteiger partial charge in [-0.25, -0.2) is 4.57 Å². The first-order valence-corrected chi connectivity index (χ1v) is 6.05. The van der Waals surface area contributed by atoms with Crippen molar-refractivity contribution in [3.8, 4) is 17.4 Å². The van der Waals surface area contributed by atoms with Crippen LogP contribution in [0.5, 0.6) is 6.01 Å². The van der Waals surface area contributed by atoms with Crippen molar-refractivity contribution >= 4 is 0 Å². The third-order valence-corrected chi connectivity index (χ3v) is 2.92. The molecule has 0 radical (unpaired) electrons. The first kappa shape index (κ1) is 11.5. The van der Waals surface area contributed by atoms with Crippen molar-refractivity contribution in [1.82, 2.24) is 9.78 Å². The summed E-state index contributed by atoms with van der Waals surface area (Å²) in [5, 5.41) is 16.0. The summed E-state index contributed by atoms with van der Waals surface area (Å²) in [6, 6.07) is 17.1. The molecule has 3 aromatic rings. The predicted octanol–water partition coefficient (Wildman–Crippen LogP) is 1.53. The van der Waals surface area contributed by atoms with Crippen LogP contribution in [0.3, 0.4) is 0 Å². The first-order valence-electron chi connectivity index (χ1n) is 6.05. The Labute approximate surface area is 111 Å². The topological polar surface area (TPSA) is 44.8 Å². The molecule has 94 valence electrons. The van der Waals surface area contributed by atoms with E-state index in [4.69, 9.17) is 0 Å². The Morgan fingerprint density at radius 2 is 1.84 bits per heavy atom. The van der Waals surface area contributed by atoms with E-state index >= 15 is 0 Å². The van der Waals surface area contributed by atoms with Gasteiger partial charge in [-0.1, -0.05) is 35.0 Å². The summed E-state index contributed by atoms with van der Waals surface area (Å²) in [4.78, 5) is 0. The van der Waals surface area contributed by atoms with Gasteiger partial charge >= 0.3 is 0 Å². The van der Waals surface area contributed by atoms with Crippen LogP contribution in [0.2, 0.25) is 0 Å². The molecule has 0 spiro atoms. The summed E-state index contributed by atoms with van der Waals surface area (Å²) in [6.45, 7) is 2.00. The molecule has 0 aliphatic carbocycles. The van der Waals surface area contributed by atoms with E-state index in [-0.39, 0.29) is 6.01 Å². The highest BCUT2D eigenvalue weighted by molar-refractivity contribution is 5.30. The molecule has 0 amide bonds. The molecule has 0 atom stereocenters. The maximum Gasteiger partial charge on any atom is 0.250 e. The molecule has 19 heavy (non-hydrogen) atoms. The molecule has 4 heteroatoms. The minimum Gasteiger partial charge on any atom is -0.817 e. The van der Waals surface area contributed by atoms with Crippen molar-refractivity contribution < 1.29 is 9.67 Å². The monoisotopic (exact) mass is 251 g/mol. The van der Waals surface area contributed by atoms with Crippen LogP contribution in [0.4, 0.5) is 0 Å². The Morgan fingerprint density at radius 1 is 1.05 bits per heavy atom. The fourth-order valence-corrected chi connectivity index (χ4v) is 1.98. The van der Waals surface area contributed by atoms with Gasteiger partial charge in [0, 0.05) is 5.10 Å². The minimum absolute atomic E-state index is 0.283. The highest BCUT2D eigenvalue weighted by atomic mass is 16.3. The zero-order valence-electron chi connectivity index (χ0n) is 10.5. The molecule has 0 saturated heterocycles. The maximum atomic E-state index is 12.0. The summed E-state index contributed by atoms with van der Waals surface area (Å²) < 4.78 is 3.13. The zero-order chi connectivity index (χ0) is 13.2. The summed E-state index contributed by atoms with van der Waals surface area (Å²) in [6.07, 6.45) is 1.70. The number of nitrogens with zero attached hydrogens (tertiary/aromatic N) is 3. The number of hydrogen-bond acceptors (Lipinski definition) is 2. The average molecular weight is 251 g/mol. The van der Waals surface area contributed by atoms with Crippen LogP contribution in [0.1, 0.15) is 5.56 Å². The highest BCUT2D eigenvalue weighted by Gasteiger charge is 2.12. The number of benzene rings is 2. The van der Waals surface area contributed by atoms with E-state index in [1.54, 1.807) is 15.6 Å². The first-order chi connectivity index (χ1) is 9.24. The maximum absolute atomic E-state index is 12.0. The summed E-state index contributed by atoms with van der Waals surface area (Å²) >= 11 is 0. The normalized spacial score (nSPS) is 10.6. The number of para-hydroxylation sites is 1. The lowest BCUT2D eigenvalue weighted by molar-refractivity contribution is -0.651. The lowest BCUT2D eigenvalue weighted by Gasteiger charge is -2.01. The molecule has 0 bridgehead atoms. The van der Waals surface area contributed by atoms with Crippen LogP contribution in [-0.4, -0.2) is 9.78 Å². The van der Waals surface area contributed by atoms with Gasteiger partial charge < -0.3 is 5.11 Å². The van der Waals surface area contributed by atoms with Gasteiger partial charge in [0.1, 0.15) is 11.4 Å². The summed E-state index contributed by atoms with van der Waals surface area (Å²) in [7, 11) is 0. The largest absolute Gasteiger partial charge is 0.817 e. The number of aryl methyl sites for hydroxylation is 1. The molecule has 2 aromatic carbocycles. The van der Waals surface area contributed by atoms with Crippen LogP contribution >= 0.6 is 0 Å². The second-order valence-corrected chi connectivity index (χ2v) is 4.39. The second kappa shape index (κ2) is 4.57. The number of rotatable bonds is 2. The molecule has 0 unspecified atom stereocenters. The van der Waals surface area contributed by atoms with Gasteiger partial charge in [0.2, 0.25) is 12.3 Å². The van der Waals surface area contributed by atoms with Gasteiger partial charge in [-0.05, 0) is 36.8 Å². The SMILES string of the molecule is Cc1cccc(-[n+]2cn(-c3ccccc3)nc2[O-])c1. The molecule has 0 fully saturated rings. The average Bonchev–Trinajstić information content (AvgIpc) is 2.82. The second-order valence-electron chi connectivity index (χ2n) is 4.39. The van der Waals surface area contributed by atoms with Gasteiger partial charge in [0.25, 0.3) is 0 Å². The van der Waals surface area contributed by atoms with Gasteiger partial charge in [0.15, 0.2) is 0 Å². The fraction of sp³-hybridized carbons (Fsp3) is 0.0667. The summed E-state index contributed by atoms with van der Waals surface area (Å²) in [5.41, 5.74) is 2.80. The fourth-order valence-electron chi connectivity index (χ4n) is 1.98. The van der Waals surface area contributed by atoms with E-state index in [9.17, 15) is 5.11 Å². The predicted molar refractivity (Wildman–Crippen MR) is 69.3 cm³/mol. The van der Waals surface area contributed by atoms with E-state index in [0.717, 1.165) is 16.9 Å². The van der Waals surface area contributed by atoms with Crippen molar-refractivity contribution in [2.45, 2.75) is 6.92 Å². The van der Waals surface area contributed by atoms with Gasteiger partial charge in [0.05, 0.1) is 0 Å². The Kier molecular flexibility index (Phi) is 2.76. The van der Waals surface area contributed by atoms with Crippen LogP contribution in [0.25, 0.3) is 11.4 Å². The molecule has 4 nitrogen and oxygen atoms in total. The standard InChI is InChI=1S/C15H13N3O/c1-12-6-5-9-14(10-12)17-11-18(16-15(17)19)13-7-3-2-4-8-13/h2-11H,1H3. The molecule has 3 rings (SSSR count). The molecule has 1 aromatic heterocycles. The van der Waals surface area contributed by atoms with Crippen LogP contribution in [-0.2, 0) is 0 Å².